The van der Waals surface area contributed by atoms with Crippen LogP contribution in [-0.4, -0.2) is 22.0 Å². The van der Waals surface area contributed by atoms with Crippen LogP contribution < -0.4 is 10.6 Å². The largest absolute Gasteiger partial charge is 0.325 e. The molecule has 0 saturated carbocycles. The van der Waals surface area contributed by atoms with Crippen molar-refractivity contribution in [1.29, 1.82) is 0 Å². The Hall–Kier alpha value is -3.19. The summed E-state index contributed by atoms with van der Waals surface area (Å²) in [6, 6.07) is 16.0. The zero-order valence-electron chi connectivity index (χ0n) is 15.1. The van der Waals surface area contributed by atoms with Gasteiger partial charge in [0, 0.05) is 34.2 Å². The van der Waals surface area contributed by atoms with Crippen molar-refractivity contribution in [3.63, 3.8) is 0 Å². The summed E-state index contributed by atoms with van der Waals surface area (Å²) in [4.78, 5) is 29.4. The van der Waals surface area contributed by atoms with Crippen LogP contribution in [0.2, 0.25) is 0 Å². The maximum atomic E-state index is 13.0. The molecule has 0 aliphatic heterocycles. The number of anilines is 2. The van der Waals surface area contributed by atoms with Crippen molar-refractivity contribution in [2.45, 2.75) is 17.1 Å². The fraction of sp³-hybridized carbons (Fsp3) is 0.0952. The van der Waals surface area contributed by atoms with Gasteiger partial charge in [0.05, 0.1) is 5.25 Å². The van der Waals surface area contributed by atoms with Gasteiger partial charge < -0.3 is 10.6 Å². The molecule has 3 aromatic rings. The van der Waals surface area contributed by atoms with Gasteiger partial charge in [-0.05, 0) is 61.5 Å². The first-order chi connectivity index (χ1) is 13.5. The molecular formula is C21H18FN3O2S. The lowest BCUT2D eigenvalue weighted by Crippen LogP contribution is -2.22. The minimum atomic E-state index is -0.394. The fourth-order valence-electron chi connectivity index (χ4n) is 2.39. The van der Waals surface area contributed by atoms with E-state index in [1.807, 2.05) is 13.0 Å². The normalized spacial score (nSPS) is 11.5. The van der Waals surface area contributed by atoms with Crippen LogP contribution in [0, 0.1) is 5.82 Å². The Morgan fingerprint density at radius 3 is 2.39 bits per heavy atom. The molecule has 0 saturated heterocycles. The molecule has 0 aliphatic rings. The fourth-order valence-corrected chi connectivity index (χ4v) is 3.31. The average molecular weight is 395 g/mol. The van der Waals surface area contributed by atoms with Gasteiger partial charge in [0.15, 0.2) is 0 Å². The van der Waals surface area contributed by atoms with E-state index in [0.29, 0.717) is 16.9 Å². The predicted octanol–water partition coefficient (Wildman–Crippen LogP) is 4.59. The monoisotopic (exact) mass is 395 g/mol. The topological polar surface area (TPSA) is 71.1 Å². The van der Waals surface area contributed by atoms with Crippen LogP contribution in [0.15, 0.2) is 78.0 Å². The Balaban J connectivity index is 1.61. The van der Waals surface area contributed by atoms with E-state index in [9.17, 15) is 14.0 Å². The van der Waals surface area contributed by atoms with E-state index >= 15 is 0 Å². The number of aromatic nitrogens is 1. The van der Waals surface area contributed by atoms with Crippen molar-refractivity contribution in [2.24, 2.45) is 0 Å². The van der Waals surface area contributed by atoms with E-state index in [1.165, 1.54) is 36.0 Å². The average Bonchev–Trinajstić information content (AvgIpc) is 2.69. The van der Waals surface area contributed by atoms with Gasteiger partial charge in [0.1, 0.15) is 5.82 Å². The van der Waals surface area contributed by atoms with Crippen LogP contribution in [-0.2, 0) is 4.79 Å². The number of hydrogen-bond acceptors (Lipinski definition) is 4. The highest BCUT2D eigenvalue weighted by Gasteiger charge is 2.15. The molecule has 142 valence electrons. The third-order valence-corrected chi connectivity index (χ3v) is 4.92. The molecule has 5 nitrogen and oxygen atoms in total. The Labute approximate surface area is 166 Å². The smallest absolute Gasteiger partial charge is 0.255 e. The van der Waals surface area contributed by atoms with E-state index in [2.05, 4.69) is 15.6 Å². The predicted molar refractivity (Wildman–Crippen MR) is 109 cm³/mol. The summed E-state index contributed by atoms with van der Waals surface area (Å²) in [5.74, 6) is -0.850. The van der Waals surface area contributed by atoms with Crippen LogP contribution in [0.25, 0.3) is 0 Å². The summed E-state index contributed by atoms with van der Waals surface area (Å²) >= 11 is 1.38. The van der Waals surface area contributed by atoms with Gasteiger partial charge in [-0.1, -0.05) is 6.07 Å². The van der Waals surface area contributed by atoms with Gasteiger partial charge in [-0.15, -0.1) is 11.8 Å². The molecule has 0 radical (unpaired) electrons. The van der Waals surface area contributed by atoms with Crippen LogP contribution in [0.1, 0.15) is 17.3 Å². The Morgan fingerprint density at radius 2 is 1.68 bits per heavy atom. The van der Waals surface area contributed by atoms with Crippen LogP contribution >= 0.6 is 11.8 Å². The van der Waals surface area contributed by atoms with Gasteiger partial charge in [-0.3, -0.25) is 14.6 Å². The molecule has 0 fully saturated rings. The van der Waals surface area contributed by atoms with Gasteiger partial charge in [0.25, 0.3) is 5.91 Å². The van der Waals surface area contributed by atoms with Gasteiger partial charge in [-0.25, -0.2) is 4.39 Å². The molecule has 2 N–H and O–H groups in total. The Bertz CT molecular complexity index is 965. The molecule has 0 bridgehead atoms. The molecule has 3 rings (SSSR count). The number of rotatable bonds is 6. The van der Waals surface area contributed by atoms with Crippen LogP contribution in [0.3, 0.4) is 0 Å². The Morgan fingerprint density at radius 1 is 0.964 bits per heavy atom. The highest BCUT2D eigenvalue weighted by Crippen LogP contribution is 2.26. The lowest BCUT2D eigenvalue weighted by atomic mass is 10.2. The highest BCUT2D eigenvalue weighted by molar-refractivity contribution is 8.00. The lowest BCUT2D eigenvalue weighted by molar-refractivity contribution is -0.115. The highest BCUT2D eigenvalue weighted by atomic mass is 32.2. The molecule has 1 heterocycles. The minimum Gasteiger partial charge on any atom is -0.325 e. The molecule has 1 unspecified atom stereocenters. The molecule has 2 aromatic carbocycles. The first kappa shape index (κ1) is 19.6. The molecule has 0 aliphatic carbocycles. The van der Waals surface area contributed by atoms with E-state index < -0.39 is 5.82 Å². The van der Waals surface area contributed by atoms with Crippen LogP contribution in [0.4, 0.5) is 15.8 Å². The van der Waals surface area contributed by atoms with Crippen molar-refractivity contribution < 1.29 is 14.0 Å². The van der Waals surface area contributed by atoms with Crippen molar-refractivity contribution in [3.05, 3.63) is 84.4 Å². The molecule has 1 aromatic heterocycles. The number of amides is 2. The maximum Gasteiger partial charge on any atom is 0.255 e. The SMILES string of the molecule is CC(Sc1cccc(NC(=O)c2ccc(F)cc2)c1)C(=O)Nc1ccncc1. The maximum absolute atomic E-state index is 13.0. The molecule has 2 amide bonds. The summed E-state index contributed by atoms with van der Waals surface area (Å²) in [5, 5.41) is 5.28. The summed E-state index contributed by atoms with van der Waals surface area (Å²) < 4.78 is 13.0. The van der Waals surface area contributed by atoms with Gasteiger partial charge >= 0.3 is 0 Å². The standard InChI is InChI=1S/C21H18FN3O2S/c1-14(20(26)24-17-9-11-23-12-10-17)28-19-4-2-3-18(13-19)25-21(27)15-5-7-16(22)8-6-15/h2-14H,1H3,(H,25,27)(H,23,24,26). The van der Waals surface area contributed by atoms with E-state index in [0.717, 1.165) is 4.90 Å². The lowest BCUT2D eigenvalue weighted by Gasteiger charge is -2.13. The number of hydrogen-bond donors (Lipinski definition) is 2. The molecule has 1 atom stereocenters. The molecule has 0 spiro atoms. The van der Waals surface area contributed by atoms with E-state index in [-0.39, 0.29) is 17.1 Å². The number of nitrogens with one attached hydrogen (secondary N) is 2. The molecular weight excluding hydrogens is 377 g/mol. The summed E-state index contributed by atoms with van der Waals surface area (Å²) in [5.41, 5.74) is 1.65. The number of thioether (sulfide) groups is 1. The molecule has 7 heteroatoms. The second-order valence-electron chi connectivity index (χ2n) is 5.97. The first-order valence-electron chi connectivity index (χ1n) is 8.56. The van der Waals surface area contributed by atoms with Gasteiger partial charge in [0.2, 0.25) is 5.91 Å². The Kier molecular flexibility index (Phi) is 6.39. The zero-order valence-corrected chi connectivity index (χ0v) is 15.9. The zero-order chi connectivity index (χ0) is 19.9. The summed E-state index contributed by atoms with van der Waals surface area (Å²) in [6.07, 6.45) is 3.22. The number of nitrogens with zero attached hydrogens (tertiary/aromatic N) is 1. The van der Waals surface area contributed by atoms with Crippen molar-refractivity contribution in [3.8, 4) is 0 Å². The van der Waals surface area contributed by atoms with Crippen molar-refractivity contribution >= 4 is 35.0 Å². The minimum absolute atomic E-state index is 0.128. The van der Waals surface area contributed by atoms with Gasteiger partial charge in [-0.2, -0.15) is 0 Å². The number of carbonyl (C=O) groups is 2. The van der Waals surface area contributed by atoms with Crippen molar-refractivity contribution in [1.82, 2.24) is 4.98 Å². The number of halogens is 1. The molecule has 28 heavy (non-hydrogen) atoms. The van der Waals surface area contributed by atoms with Crippen LogP contribution in [0.5, 0.6) is 0 Å². The third-order valence-electron chi connectivity index (χ3n) is 3.83. The number of benzene rings is 2. The second kappa shape index (κ2) is 9.14. The summed E-state index contributed by atoms with van der Waals surface area (Å²) in [7, 11) is 0. The summed E-state index contributed by atoms with van der Waals surface area (Å²) in [6.45, 7) is 1.81. The van der Waals surface area contributed by atoms with Crippen molar-refractivity contribution in [2.75, 3.05) is 10.6 Å². The van der Waals surface area contributed by atoms with E-state index in [4.69, 9.17) is 0 Å². The number of pyridine rings is 1. The third kappa shape index (κ3) is 5.40. The van der Waals surface area contributed by atoms with E-state index in [1.54, 1.807) is 42.7 Å². The quantitative estimate of drug-likeness (QED) is 0.599. The number of carbonyl (C=O) groups excluding carboxylic acids is 2. The second-order valence-corrected chi connectivity index (χ2v) is 7.39. The first-order valence-corrected chi connectivity index (χ1v) is 9.44.